The first kappa shape index (κ1) is 31.2. The van der Waals surface area contributed by atoms with Gasteiger partial charge in [-0.05, 0) is 75.6 Å². The van der Waals surface area contributed by atoms with Gasteiger partial charge >= 0.3 is 18.4 Å². The molecule has 2 amide bonds. The number of ether oxygens (including phenoxy) is 1. The largest absolute Gasteiger partial charge is 0.444 e. The Bertz CT molecular complexity index is 1190. The fourth-order valence-electron chi connectivity index (χ4n) is 4.68. The van der Waals surface area contributed by atoms with Gasteiger partial charge in [-0.2, -0.15) is 26.3 Å². The van der Waals surface area contributed by atoms with Crippen molar-refractivity contribution in [2.75, 3.05) is 20.1 Å². The Balaban J connectivity index is 1.93. The number of benzene rings is 2. The summed E-state index contributed by atoms with van der Waals surface area (Å²) in [5, 5.41) is 0. The molecule has 0 unspecified atom stereocenters. The van der Waals surface area contributed by atoms with E-state index >= 15 is 0 Å². The first-order valence-electron chi connectivity index (χ1n) is 12.6. The molecule has 2 aromatic rings. The number of nitrogens with zero attached hydrogens (tertiary/aromatic N) is 2. The van der Waals surface area contributed by atoms with E-state index in [9.17, 15) is 40.3 Å². The van der Waals surface area contributed by atoms with Gasteiger partial charge in [-0.25, -0.2) is 9.18 Å². The molecular weight excluding hydrogens is 545 g/mol. The smallest absolute Gasteiger partial charge is 0.416 e. The maximum absolute atomic E-state index is 13.7. The number of piperidine rings is 1. The highest BCUT2D eigenvalue weighted by molar-refractivity contribution is 5.81. The predicted octanol–water partition coefficient (Wildman–Crippen LogP) is 7.42. The van der Waals surface area contributed by atoms with E-state index in [2.05, 4.69) is 0 Å². The number of likely N-dealkylation sites (tertiary alicyclic amines) is 1. The maximum atomic E-state index is 13.7. The van der Waals surface area contributed by atoms with Crippen molar-refractivity contribution in [3.8, 4) is 0 Å². The lowest BCUT2D eigenvalue weighted by atomic mass is 9.79. The third-order valence-corrected chi connectivity index (χ3v) is 6.90. The van der Waals surface area contributed by atoms with E-state index in [0.717, 1.165) is 4.90 Å². The number of amides is 2. The van der Waals surface area contributed by atoms with E-state index in [1.165, 1.54) is 43.1 Å². The molecule has 40 heavy (non-hydrogen) atoms. The van der Waals surface area contributed by atoms with E-state index in [0.29, 0.717) is 17.7 Å². The third-order valence-electron chi connectivity index (χ3n) is 6.90. The standard InChI is InChI=1S/C28H31F7N2O3/c1-16(18-12-19(27(30,31)32)14-20(13-18)28(33,34)35)36(5)24(38)22-10-11-37(25(39)40-26(2,3)4)15-23(22)17-6-8-21(29)9-7-17/h6-9,12-14,16,22-23H,10-11,15H2,1-5H3/t16-,22-,23-/m1/s1. The predicted molar refractivity (Wildman–Crippen MR) is 133 cm³/mol. The van der Waals surface area contributed by atoms with Crippen molar-refractivity contribution in [3.63, 3.8) is 0 Å². The molecule has 3 rings (SSSR count). The molecule has 1 aliphatic heterocycles. The van der Waals surface area contributed by atoms with Crippen LogP contribution in [0.4, 0.5) is 35.5 Å². The molecule has 1 aliphatic rings. The summed E-state index contributed by atoms with van der Waals surface area (Å²) in [5.41, 5.74) is -3.50. The lowest BCUT2D eigenvalue weighted by Crippen LogP contribution is -2.49. The van der Waals surface area contributed by atoms with Gasteiger partial charge in [-0.15, -0.1) is 0 Å². The van der Waals surface area contributed by atoms with Crippen molar-refractivity contribution in [2.24, 2.45) is 5.92 Å². The van der Waals surface area contributed by atoms with E-state index in [1.54, 1.807) is 20.8 Å². The van der Waals surface area contributed by atoms with Crippen molar-refractivity contribution in [2.45, 2.75) is 64.0 Å². The zero-order valence-corrected chi connectivity index (χ0v) is 22.7. The van der Waals surface area contributed by atoms with E-state index in [-0.39, 0.29) is 31.1 Å². The summed E-state index contributed by atoms with van der Waals surface area (Å²) in [4.78, 5) is 29.0. The molecule has 1 fully saturated rings. The zero-order chi connectivity index (χ0) is 30.2. The van der Waals surface area contributed by atoms with Crippen LogP contribution in [0.25, 0.3) is 0 Å². The molecule has 0 aliphatic carbocycles. The van der Waals surface area contributed by atoms with Gasteiger partial charge in [0.15, 0.2) is 0 Å². The molecule has 220 valence electrons. The van der Waals surface area contributed by atoms with Gasteiger partial charge in [0.25, 0.3) is 0 Å². The zero-order valence-electron chi connectivity index (χ0n) is 22.7. The van der Waals surface area contributed by atoms with Crippen molar-refractivity contribution in [3.05, 3.63) is 70.5 Å². The minimum absolute atomic E-state index is 0.0367. The molecule has 0 bridgehead atoms. The van der Waals surface area contributed by atoms with Gasteiger partial charge in [-0.3, -0.25) is 4.79 Å². The molecule has 0 N–H and O–H groups in total. The molecular formula is C28H31F7N2O3. The monoisotopic (exact) mass is 576 g/mol. The van der Waals surface area contributed by atoms with Crippen LogP contribution in [0.5, 0.6) is 0 Å². The van der Waals surface area contributed by atoms with Crippen LogP contribution >= 0.6 is 0 Å². The molecule has 1 heterocycles. The molecule has 0 aromatic heterocycles. The van der Waals surface area contributed by atoms with E-state index in [4.69, 9.17) is 4.74 Å². The molecule has 0 spiro atoms. The quantitative estimate of drug-likeness (QED) is 0.356. The van der Waals surface area contributed by atoms with Crippen LogP contribution in [0.15, 0.2) is 42.5 Å². The lowest BCUT2D eigenvalue weighted by Gasteiger charge is -2.41. The van der Waals surface area contributed by atoms with Gasteiger partial charge in [0.2, 0.25) is 5.91 Å². The molecule has 1 saturated heterocycles. The van der Waals surface area contributed by atoms with Crippen molar-refractivity contribution in [1.82, 2.24) is 9.80 Å². The Morgan fingerprint density at radius 3 is 1.95 bits per heavy atom. The number of carbonyl (C=O) groups is 2. The van der Waals surface area contributed by atoms with Crippen LogP contribution in [0.1, 0.15) is 68.3 Å². The van der Waals surface area contributed by atoms with Crippen LogP contribution < -0.4 is 0 Å². The second-order valence-electron chi connectivity index (χ2n) is 10.9. The van der Waals surface area contributed by atoms with Crippen LogP contribution in [-0.2, 0) is 21.9 Å². The number of hydrogen-bond acceptors (Lipinski definition) is 3. The van der Waals surface area contributed by atoms with Crippen LogP contribution in [0.3, 0.4) is 0 Å². The topological polar surface area (TPSA) is 49.9 Å². The Morgan fingerprint density at radius 1 is 0.950 bits per heavy atom. The van der Waals surface area contributed by atoms with Gasteiger partial charge in [-0.1, -0.05) is 12.1 Å². The van der Waals surface area contributed by atoms with E-state index in [1.807, 2.05) is 0 Å². The number of alkyl halides is 6. The SMILES string of the molecule is C[C@H](c1cc(C(F)(F)F)cc(C(F)(F)F)c1)N(C)C(=O)[C@@H]1CCN(C(=O)OC(C)(C)C)C[C@@H]1c1ccc(F)cc1. The molecule has 0 radical (unpaired) electrons. The number of halogens is 7. The maximum Gasteiger partial charge on any atom is 0.416 e. The summed E-state index contributed by atoms with van der Waals surface area (Å²) in [6.07, 6.45) is -10.5. The Morgan fingerprint density at radius 2 is 1.48 bits per heavy atom. The first-order chi connectivity index (χ1) is 18.3. The second kappa shape index (κ2) is 11.3. The van der Waals surface area contributed by atoms with Crippen molar-refractivity contribution < 1.29 is 45.1 Å². The normalized spacial score (nSPS) is 19.2. The van der Waals surface area contributed by atoms with Crippen molar-refractivity contribution in [1.29, 1.82) is 0 Å². The highest BCUT2D eigenvalue weighted by Crippen LogP contribution is 2.40. The summed E-state index contributed by atoms with van der Waals surface area (Å²) >= 11 is 0. The van der Waals surface area contributed by atoms with Crippen LogP contribution in [0, 0.1) is 11.7 Å². The third kappa shape index (κ3) is 7.45. The van der Waals surface area contributed by atoms with E-state index < -0.39 is 64.8 Å². The molecule has 12 heteroatoms. The highest BCUT2D eigenvalue weighted by atomic mass is 19.4. The average Bonchev–Trinajstić information content (AvgIpc) is 2.85. The lowest BCUT2D eigenvalue weighted by molar-refractivity contribution is -0.143. The average molecular weight is 577 g/mol. The fraction of sp³-hybridized carbons (Fsp3) is 0.500. The summed E-state index contributed by atoms with van der Waals surface area (Å²) < 4.78 is 99.5. The number of hydrogen-bond donors (Lipinski definition) is 0. The van der Waals surface area contributed by atoms with Crippen LogP contribution in [-0.4, -0.2) is 47.5 Å². The fourth-order valence-corrected chi connectivity index (χ4v) is 4.68. The highest BCUT2D eigenvalue weighted by Gasteiger charge is 2.41. The minimum atomic E-state index is -5.03. The molecule has 3 atom stereocenters. The van der Waals surface area contributed by atoms with Crippen LogP contribution in [0.2, 0.25) is 0 Å². The van der Waals surface area contributed by atoms with Gasteiger partial charge < -0.3 is 14.5 Å². The first-order valence-corrected chi connectivity index (χ1v) is 12.6. The summed E-state index contributed by atoms with van der Waals surface area (Å²) in [6, 6.07) is 5.46. The second-order valence-corrected chi connectivity index (χ2v) is 10.9. The van der Waals surface area contributed by atoms with Gasteiger partial charge in [0, 0.05) is 32.0 Å². The Hall–Kier alpha value is -3.31. The van der Waals surface area contributed by atoms with Gasteiger partial charge in [0.1, 0.15) is 11.4 Å². The molecule has 5 nitrogen and oxygen atoms in total. The Labute approximate surface area is 227 Å². The summed E-state index contributed by atoms with van der Waals surface area (Å²) in [6.45, 7) is 6.62. The summed E-state index contributed by atoms with van der Waals surface area (Å²) in [5.74, 6) is -2.46. The minimum Gasteiger partial charge on any atom is -0.444 e. The summed E-state index contributed by atoms with van der Waals surface area (Å²) in [7, 11) is 1.31. The molecule has 2 aromatic carbocycles. The van der Waals surface area contributed by atoms with Crippen molar-refractivity contribution >= 4 is 12.0 Å². The van der Waals surface area contributed by atoms with Gasteiger partial charge in [0.05, 0.1) is 17.2 Å². The number of rotatable bonds is 4. The molecule has 0 saturated carbocycles. The Kier molecular flexibility index (Phi) is 8.81. The number of carbonyl (C=O) groups excluding carboxylic acids is 2.